The van der Waals surface area contributed by atoms with Gasteiger partial charge in [0, 0.05) is 18.8 Å². The quantitative estimate of drug-likeness (QED) is 0.534. The summed E-state index contributed by atoms with van der Waals surface area (Å²) in [6.07, 6.45) is 15.8. The van der Waals surface area contributed by atoms with E-state index >= 15 is 0 Å². The number of ketones is 1. The lowest BCUT2D eigenvalue weighted by Crippen LogP contribution is -2.53. The second-order valence-electron chi connectivity index (χ2n) is 8.86. The highest BCUT2D eigenvalue weighted by molar-refractivity contribution is 5.91. The molecule has 0 radical (unpaired) electrons. The first kappa shape index (κ1) is 16.9. The van der Waals surface area contributed by atoms with E-state index in [9.17, 15) is 9.59 Å². The minimum Gasteiger partial charge on any atom is -0.445 e. The Labute approximate surface area is 150 Å². The number of esters is 1. The van der Waals surface area contributed by atoms with Crippen molar-refractivity contribution in [2.24, 2.45) is 29.1 Å². The van der Waals surface area contributed by atoms with E-state index in [2.05, 4.69) is 12.8 Å². The maximum absolute atomic E-state index is 11.8. The van der Waals surface area contributed by atoms with Gasteiger partial charge in [-0.15, -0.1) is 6.42 Å². The van der Waals surface area contributed by atoms with E-state index in [4.69, 9.17) is 11.2 Å². The van der Waals surface area contributed by atoms with Crippen molar-refractivity contribution in [3.05, 3.63) is 11.6 Å². The van der Waals surface area contributed by atoms with E-state index in [-0.39, 0.29) is 11.4 Å². The predicted molar refractivity (Wildman–Crippen MR) is 95.4 cm³/mol. The lowest BCUT2D eigenvalue weighted by Gasteiger charge is -2.55. The minimum absolute atomic E-state index is 0.111. The van der Waals surface area contributed by atoms with Gasteiger partial charge in [-0.2, -0.15) is 0 Å². The van der Waals surface area contributed by atoms with Gasteiger partial charge in [0.25, 0.3) is 0 Å². The molecule has 0 heterocycles. The highest BCUT2D eigenvalue weighted by atomic mass is 16.6. The second-order valence-corrected chi connectivity index (χ2v) is 8.86. The summed E-state index contributed by atoms with van der Waals surface area (Å²) >= 11 is 0. The molecule has 4 rings (SSSR count). The Bertz CT molecular complexity index is 684. The average molecular weight is 340 g/mol. The van der Waals surface area contributed by atoms with Gasteiger partial charge >= 0.3 is 5.97 Å². The van der Waals surface area contributed by atoms with Crippen molar-refractivity contribution in [3.63, 3.8) is 0 Å². The maximum Gasteiger partial charge on any atom is 0.304 e. The van der Waals surface area contributed by atoms with Crippen LogP contribution in [0.4, 0.5) is 0 Å². The summed E-state index contributed by atoms with van der Waals surface area (Å²) in [5, 5.41) is 0. The highest BCUT2D eigenvalue weighted by Crippen LogP contribution is 2.65. The van der Waals surface area contributed by atoms with Gasteiger partial charge in [-0.3, -0.25) is 9.59 Å². The van der Waals surface area contributed by atoms with Crippen LogP contribution >= 0.6 is 0 Å². The molecule has 0 bridgehead atoms. The number of carbonyl (C=O) groups excluding carboxylic acids is 2. The van der Waals surface area contributed by atoms with Crippen LogP contribution in [-0.4, -0.2) is 17.4 Å². The zero-order valence-electron chi connectivity index (χ0n) is 15.3. The molecule has 0 saturated heterocycles. The lowest BCUT2D eigenvalue weighted by molar-refractivity contribution is -0.167. The molecule has 3 nitrogen and oxygen atoms in total. The van der Waals surface area contributed by atoms with E-state index < -0.39 is 5.60 Å². The zero-order chi connectivity index (χ0) is 17.8. The van der Waals surface area contributed by atoms with E-state index in [0.717, 1.165) is 44.9 Å². The number of terminal acetylenes is 1. The van der Waals surface area contributed by atoms with Gasteiger partial charge in [0.15, 0.2) is 11.4 Å². The Hall–Kier alpha value is -1.56. The van der Waals surface area contributed by atoms with Crippen molar-refractivity contribution in [2.75, 3.05) is 0 Å². The van der Waals surface area contributed by atoms with Crippen LogP contribution in [-0.2, 0) is 14.3 Å². The zero-order valence-corrected chi connectivity index (χ0v) is 15.3. The normalized spacial score (nSPS) is 45.5. The van der Waals surface area contributed by atoms with Gasteiger partial charge in [0.2, 0.25) is 0 Å². The molecular weight excluding hydrogens is 312 g/mol. The first-order valence-electron chi connectivity index (χ1n) is 9.81. The standard InChI is InChI=1S/C22H28O3/c1-4-22(25-14(2)23)12-10-20-19-7-5-15-13-16(24)6-8-17(15)18(19)9-11-21(20,22)3/h1,13,17-20H,5-12H2,2-3H3/t17-,18+,19-,20-,21-,22-/m0/s1. The Morgan fingerprint density at radius 2 is 2.00 bits per heavy atom. The molecule has 0 aromatic heterocycles. The topological polar surface area (TPSA) is 43.4 Å². The van der Waals surface area contributed by atoms with E-state index in [1.54, 1.807) is 0 Å². The lowest BCUT2D eigenvalue weighted by atomic mass is 9.50. The number of rotatable bonds is 1. The molecule has 0 aliphatic heterocycles. The predicted octanol–water partition coefficient (Wildman–Crippen LogP) is 4.06. The van der Waals surface area contributed by atoms with E-state index in [1.165, 1.54) is 12.5 Å². The second kappa shape index (κ2) is 5.73. The Morgan fingerprint density at radius 3 is 2.72 bits per heavy atom. The molecule has 0 spiro atoms. The van der Waals surface area contributed by atoms with Crippen LogP contribution in [0.2, 0.25) is 0 Å². The van der Waals surface area contributed by atoms with Crippen molar-refractivity contribution in [3.8, 4) is 12.3 Å². The van der Waals surface area contributed by atoms with Crippen LogP contribution < -0.4 is 0 Å². The van der Waals surface area contributed by atoms with Gasteiger partial charge in [0.05, 0.1) is 0 Å². The first-order chi connectivity index (χ1) is 11.9. The summed E-state index contributed by atoms with van der Waals surface area (Å²) in [5.41, 5.74) is 0.565. The van der Waals surface area contributed by atoms with Crippen LogP contribution in [0.1, 0.15) is 65.2 Å². The largest absolute Gasteiger partial charge is 0.445 e. The van der Waals surface area contributed by atoms with Crippen molar-refractivity contribution < 1.29 is 14.3 Å². The molecule has 3 fully saturated rings. The Morgan fingerprint density at radius 1 is 1.20 bits per heavy atom. The fraction of sp³-hybridized carbons (Fsp3) is 0.727. The molecule has 0 aromatic rings. The number of ether oxygens (including phenoxy) is 1. The van der Waals surface area contributed by atoms with E-state index in [0.29, 0.717) is 35.9 Å². The number of hydrogen-bond donors (Lipinski definition) is 0. The fourth-order valence-corrected chi connectivity index (χ4v) is 6.86. The molecule has 0 aromatic carbocycles. The summed E-state index contributed by atoms with van der Waals surface area (Å²) in [7, 11) is 0. The summed E-state index contributed by atoms with van der Waals surface area (Å²) in [6, 6.07) is 0. The Balaban J connectivity index is 1.64. The molecule has 0 amide bonds. The van der Waals surface area contributed by atoms with Crippen molar-refractivity contribution in [1.29, 1.82) is 0 Å². The molecule has 4 aliphatic rings. The summed E-state index contributed by atoms with van der Waals surface area (Å²) < 4.78 is 5.79. The fourth-order valence-electron chi connectivity index (χ4n) is 6.86. The van der Waals surface area contributed by atoms with Gasteiger partial charge in [-0.05, 0) is 74.7 Å². The van der Waals surface area contributed by atoms with Gasteiger partial charge in [-0.25, -0.2) is 0 Å². The summed E-state index contributed by atoms with van der Waals surface area (Å²) in [4.78, 5) is 23.5. The molecule has 3 heteroatoms. The van der Waals surface area contributed by atoms with Gasteiger partial charge in [-0.1, -0.05) is 18.4 Å². The summed E-state index contributed by atoms with van der Waals surface area (Å²) in [5.74, 6) is 5.41. The molecule has 0 N–H and O–H groups in total. The molecule has 6 atom stereocenters. The third-order valence-electron chi connectivity index (χ3n) is 7.97. The smallest absolute Gasteiger partial charge is 0.304 e. The molecule has 3 saturated carbocycles. The van der Waals surface area contributed by atoms with Crippen LogP contribution in [0.25, 0.3) is 0 Å². The van der Waals surface area contributed by atoms with Crippen LogP contribution in [0.3, 0.4) is 0 Å². The Kier molecular flexibility index (Phi) is 3.87. The molecule has 134 valence electrons. The molecule has 0 unspecified atom stereocenters. The van der Waals surface area contributed by atoms with Crippen LogP contribution in [0.5, 0.6) is 0 Å². The number of carbonyl (C=O) groups is 2. The molecule has 25 heavy (non-hydrogen) atoms. The van der Waals surface area contributed by atoms with Crippen LogP contribution in [0, 0.1) is 41.4 Å². The van der Waals surface area contributed by atoms with Crippen molar-refractivity contribution in [2.45, 2.75) is 70.8 Å². The molecule has 4 aliphatic carbocycles. The van der Waals surface area contributed by atoms with E-state index in [1.807, 2.05) is 6.08 Å². The third-order valence-corrected chi connectivity index (χ3v) is 7.97. The van der Waals surface area contributed by atoms with Crippen LogP contribution in [0.15, 0.2) is 11.6 Å². The number of hydrogen-bond acceptors (Lipinski definition) is 3. The SMILES string of the molecule is C#C[C@]1(OC(C)=O)CC[C@H]2[C@H]3CCC4=CC(=O)CC[C@@H]4[C@H]3CC[C@@]21C. The van der Waals surface area contributed by atoms with Crippen molar-refractivity contribution in [1.82, 2.24) is 0 Å². The third kappa shape index (κ3) is 2.33. The summed E-state index contributed by atoms with van der Waals surface area (Å²) in [6.45, 7) is 3.73. The van der Waals surface area contributed by atoms with Gasteiger partial charge in [0.1, 0.15) is 0 Å². The highest BCUT2D eigenvalue weighted by Gasteiger charge is 2.64. The maximum atomic E-state index is 11.8. The average Bonchev–Trinajstić information content (AvgIpc) is 2.87. The van der Waals surface area contributed by atoms with Crippen molar-refractivity contribution >= 4 is 11.8 Å². The molecular formula is C22H28O3. The first-order valence-corrected chi connectivity index (χ1v) is 9.81. The van der Waals surface area contributed by atoms with Gasteiger partial charge < -0.3 is 4.74 Å². The minimum atomic E-state index is -0.729. The number of allylic oxidation sites excluding steroid dienone is 1. The number of fused-ring (bicyclic) bond motifs is 5. The monoisotopic (exact) mass is 340 g/mol.